The predicted octanol–water partition coefficient (Wildman–Crippen LogP) is 3.68. The second kappa shape index (κ2) is 7.28. The zero-order chi connectivity index (χ0) is 20.5. The maximum atomic E-state index is 12.8. The van der Waals surface area contributed by atoms with Gasteiger partial charge in [0.25, 0.3) is 11.5 Å². The Morgan fingerprint density at radius 2 is 1.79 bits per heavy atom. The van der Waals surface area contributed by atoms with Crippen molar-refractivity contribution < 1.29 is 19.6 Å². The third-order valence-electron chi connectivity index (χ3n) is 4.54. The molecule has 1 fully saturated rings. The number of nitro benzene ring substituents is 1. The van der Waals surface area contributed by atoms with Gasteiger partial charge in [0.15, 0.2) is 5.13 Å². The van der Waals surface area contributed by atoms with Crippen LogP contribution in [0, 0.1) is 10.1 Å². The first-order valence-electron chi connectivity index (χ1n) is 8.49. The van der Waals surface area contributed by atoms with Gasteiger partial charge in [0.1, 0.15) is 5.76 Å². The van der Waals surface area contributed by atoms with Gasteiger partial charge in [-0.25, -0.2) is 4.98 Å². The van der Waals surface area contributed by atoms with Gasteiger partial charge in [-0.3, -0.25) is 24.6 Å². The second-order valence-corrected chi connectivity index (χ2v) is 7.07. The van der Waals surface area contributed by atoms with Gasteiger partial charge in [-0.1, -0.05) is 30.3 Å². The molecule has 4 rings (SSSR count). The number of aromatic nitrogens is 1. The number of Topliss-reactive ketones (excluding diaryl/α,β-unsaturated/α-hetero) is 1. The molecule has 0 aliphatic carbocycles. The smallest absolute Gasteiger partial charge is 0.301 e. The number of nitrogens with zero attached hydrogens (tertiary/aromatic N) is 3. The molecular formula is C20H13N3O5S. The molecule has 0 saturated carbocycles. The monoisotopic (exact) mass is 407 g/mol. The van der Waals surface area contributed by atoms with E-state index in [1.54, 1.807) is 35.7 Å². The number of aliphatic hydroxyl groups is 1. The lowest BCUT2D eigenvalue weighted by Crippen LogP contribution is -2.29. The number of benzene rings is 2. The highest BCUT2D eigenvalue weighted by Gasteiger charge is 2.48. The van der Waals surface area contributed by atoms with Crippen LogP contribution in [0.4, 0.5) is 10.8 Å². The number of hydrogen-bond acceptors (Lipinski definition) is 7. The van der Waals surface area contributed by atoms with Crippen LogP contribution in [0.1, 0.15) is 17.2 Å². The summed E-state index contributed by atoms with van der Waals surface area (Å²) in [4.78, 5) is 41.4. The van der Waals surface area contributed by atoms with Crippen LogP contribution in [0.5, 0.6) is 0 Å². The van der Waals surface area contributed by atoms with E-state index in [1.807, 2.05) is 0 Å². The molecule has 1 atom stereocenters. The zero-order valence-corrected chi connectivity index (χ0v) is 15.6. The first kappa shape index (κ1) is 18.5. The molecule has 29 heavy (non-hydrogen) atoms. The highest BCUT2D eigenvalue weighted by atomic mass is 32.1. The first-order valence-corrected chi connectivity index (χ1v) is 9.37. The predicted molar refractivity (Wildman–Crippen MR) is 106 cm³/mol. The lowest BCUT2D eigenvalue weighted by atomic mass is 9.95. The molecule has 2 aromatic carbocycles. The molecule has 1 amide bonds. The SMILES string of the molecule is O=C1C(=O)N(c2nccs2)[C@H](c2ccc([N+](=O)[O-])cc2)C1=C(O)c1ccccc1. The van der Waals surface area contributed by atoms with Gasteiger partial charge in [0.05, 0.1) is 16.5 Å². The molecule has 3 aromatic rings. The van der Waals surface area contributed by atoms with Crippen molar-refractivity contribution in [2.45, 2.75) is 6.04 Å². The lowest BCUT2D eigenvalue weighted by molar-refractivity contribution is -0.384. The zero-order valence-electron chi connectivity index (χ0n) is 14.8. The van der Waals surface area contributed by atoms with Gasteiger partial charge < -0.3 is 5.11 Å². The van der Waals surface area contributed by atoms with E-state index in [9.17, 15) is 24.8 Å². The first-order chi connectivity index (χ1) is 14.0. The largest absolute Gasteiger partial charge is 0.507 e. The van der Waals surface area contributed by atoms with E-state index in [4.69, 9.17) is 0 Å². The van der Waals surface area contributed by atoms with Crippen LogP contribution in [0.2, 0.25) is 0 Å². The molecule has 0 bridgehead atoms. The van der Waals surface area contributed by atoms with Crippen molar-refractivity contribution in [2.24, 2.45) is 0 Å². The molecule has 144 valence electrons. The van der Waals surface area contributed by atoms with E-state index in [2.05, 4.69) is 4.98 Å². The number of nitro groups is 1. The van der Waals surface area contributed by atoms with Crippen molar-refractivity contribution in [3.8, 4) is 0 Å². The molecule has 0 radical (unpaired) electrons. The second-order valence-electron chi connectivity index (χ2n) is 6.20. The molecule has 1 aromatic heterocycles. The normalized spacial score (nSPS) is 18.2. The number of non-ortho nitro benzene ring substituents is 1. The fourth-order valence-corrected chi connectivity index (χ4v) is 3.88. The number of ketones is 1. The fraction of sp³-hybridized carbons (Fsp3) is 0.0500. The van der Waals surface area contributed by atoms with E-state index >= 15 is 0 Å². The number of thiazole rings is 1. The van der Waals surface area contributed by atoms with Crippen molar-refractivity contribution in [3.05, 3.63) is 93.0 Å². The van der Waals surface area contributed by atoms with Crippen LogP contribution < -0.4 is 4.90 Å². The van der Waals surface area contributed by atoms with E-state index in [0.717, 1.165) is 0 Å². The summed E-state index contributed by atoms with van der Waals surface area (Å²) in [6.07, 6.45) is 1.50. The molecule has 8 nitrogen and oxygen atoms in total. The third-order valence-corrected chi connectivity index (χ3v) is 5.31. The summed E-state index contributed by atoms with van der Waals surface area (Å²) in [5.41, 5.74) is 0.618. The average Bonchev–Trinajstić information content (AvgIpc) is 3.35. The van der Waals surface area contributed by atoms with Crippen LogP contribution in [0.25, 0.3) is 5.76 Å². The van der Waals surface area contributed by atoms with Crippen LogP contribution in [0.3, 0.4) is 0 Å². The van der Waals surface area contributed by atoms with E-state index in [1.165, 1.54) is 46.7 Å². The Kier molecular flexibility index (Phi) is 4.65. The average molecular weight is 407 g/mol. The Morgan fingerprint density at radius 1 is 1.10 bits per heavy atom. The summed E-state index contributed by atoms with van der Waals surface area (Å²) in [6.45, 7) is 0. The molecule has 1 aliphatic rings. The Morgan fingerprint density at radius 3 is 2.38 bits per heavy atom. The molecule has 9 heteroatoms. The van der Waals surface area contributed by atoms with E-state index < -0.39 is 22.7 Å². The van der Waals surface area contributed by atoms with Gasteiger partial charge in [-0.15, -0.1) is 11.3 Å². The standard InChI is InChI=1S/C20H13N3O5S/c24-17(13-4-2-1-3-5-13)15-16(12-6-8-14(9-7-12)23(27)28)22(19(26)18(15)25)20-21-10-11-29-20/h1-11,16,24H/t16-/m1/s1. The molecule has 1 saturated heterocycles. The summed E-state index contributed by atoms with van der Waals surface area (Å²) in [5.74, 6) is -1.97. The van der Waals surface area contributed by atoms with Gasteiger partial charge in [-0.05, 0) is 17.7 Å². The minimum Gasteiger partial charge on any atom is -0.507 e. The molecule has 2 heterocycles. The summed E-state index contributed by atoms with van der Waals surface area (Å²) in [5, 5.41) is 23.8. The topological polar surface area (TPSA) is 114 Å². The fourth-order valence-electron chi connectivity index (χ4n) is 3.21. The quantitative estimate of drug-likeness (QED) is 0.232. The van der Waals surface area contributed by atoms with Crippen molar-refractivity contribution in [2.75, 3.05) is 4.90 Å². The van der Waals surface area contributed by atoms with E-state index in [0.29, 0.717) is 16.3 Å². The number of rotatable bonds is 4. The van der Waals surface area contributed by atoms with Crippen molar-refractivity contribution >= 4 is 39.6 Å². The van der Waals surface area contributed by atoms with Gasteiger partial charge >= 0.3 is 5.91 Å². The molecular weight excluding hydrogens is 394 g/mol. The minimum absolute atomic E-state index is 0.0924. The number of amides is 1. The number of aliphatic hydroxyl groups excluding tert-OH is 1. The van der Waals surface area contributed by atoms with Crippen LogP contribution in [-0.4, -0.2) is 26.7 Å². The Balaban J connectivity index is 1.92. The number of hydrogen-bond donors (Lipinski definition) is 1. The molecule has 1 N–H and O–H groups in total. The summed E-state index contributed by atoms with van der Waals surface area (Å²) in [7, 11) is 0. The van der Waals surface area contributed by atoms with Gasteiger partial charge in [-0.2, -0.15) is 0 Å². The van der Waals surface area contributed by atoms with Crippen molar-refractivity contribution in [1.82, 2.24) is 4.98 Å². The number of carbonyl (C=O) groups is 2. The van der Waals surface area contributed by atoms with Crippen molar-refractivity contribution in [1.29, 1.82) is 0 Å². The van der Waals surface area contributed by atoms with Crippen LogP contribution in [-0.2, 0) is 9.59 Å². The van der Waals surface area contributed by atoms with Gasteiger partial charge in [0, 0.05) is 29.3 Å². The Labute approximate surface area is 168 Å². The summed E-state index contributed by atoms with van der Waals surface area (Å²) < 4.78 is 0. The highest BCUT2D eigenvalue weighted by molar-refractivity contribution is 7.14. The molecule has 0 unspecified atom stereocenters. The van der Waals surface area contributed by atoms with Crippen LogP contribution >= 0.6 is 11.3 Å². The summed E-state index contributed by atoms with van der Waals surface area (Å²) >= 11 is 1.17. The lowest BCUT2D eigenvalue weighted by Gasteiger charge is -2.22. The number of carbonyl (C=O) groups excluding carboxylic acids is 2. The summed E-state index contributed by atoms with van der Waals surface area (Å²) in [6, 6.07) is 13.0. The maximum Gasteiger partial charge on any atom is 0.301 e. The molecule has 0 spiro atoms. The minimum atomic E-state index is -0.956. The third kappa shape index (κ3) is 3.17. The molecule has 1 aliphatic heterocycles. The highest BCUT2D eigenvalue weighted by Crippen LogP contribution is 2.42. The Bertz CT molecular complexity index is 1120. The Hall–Kier alpha value is -3.85. The number of anilines is 1. The van der Waals surface area contributed by atoms with Gasteiger partial charge in [0.2, 0.25) is 0 Å². The van der Waals surface area contributed by atoms with Crippen LogP contribution in [0.15, 0.2) is 71.7 Å². The van der Waals surface area contributed by atoms with Crippen molar-refractivity contribution in [3.63, 3.8) is 0 Å². The van der Waals surface area contributed by atoms with E-state index in [-0.39, 0.29) is 17.0 Å². The maximum absolute atomic E-state index is 12.8.